The van der Waals surface area contributed by atoms with Gasteiger partial charge in [0.2, 0.25) is 0 Å². The van der Waals surface area contributed by atoms with Gasteiger partial charge in [0.05, 0.1) is 11.5 Å². The largest absolute Gasteiger partial charge is 0.228 e. The van der Waals surface area contributed by atoms with Crippen molar-refractivity contribution in [2.75, 3.05) is 11.5 Å². The van der Waals surface area contributed by atoms with Crippen LogP contribution in [0, 0.1) is 13.8 Å². The molecule has 1 aliphatic rings. The number of aryl methyl sites for hydroxylation is 2. The van der Waals surface area contributed by atoms with Crippen molar-refractivity contribution >= 4 is 15.4 Å². The summed E-state index contributed by atoms with van der Waals surface area (Å²) in [6, 6.07) is 6.17. The van der Waals surface area contributed by atoms with E-state index in [0.29, 0.717) is 0 Å². The van der Waals surface area contributed by atoms with Crippen molar-refractivity contribution in [3.8, 4) is 0 Å². The lowest BCUT2D eigenvalue weighted by Crippen LogP contribution is -2.02. The fraction of sp³-hybridized carbons (Fsp3) is 0.333. The number of sulfone groups is 1. The molecule has 2 nitrogen and oxygen atoms in total. The van der Waals surface area contributed by atoms with E-state index in [-0.39, 0.29) is 11.5 Å². The van der Waals surface area contributed by atoms with Crippen LogP contribution in [0.5, 0.6) is 0 Å². The summed E-state index contributed by atoms with van der Waals surface area (Å²) in [5.74, 6) is 0.380. The Labute approximate surface area is 90.6 Å². The number of benzene rings is 1. The first-order chi connectivity index (χ1) is 6.96. The molecule has 0 amide bonds. The zero-order valence-electron chi connectivity index (χ0n) is 8.95. The molecular formula is C12H14O2S. The Balaban J connectivity index is 2.40. The average molecular weight is 222 g/mol. The van der Waals surface area contributed by atoms with Gasteiger partial charge in [-0.2, -0.15) is 0 Å². The minimum absolute atomic E-state index is 0.190. The third-order valence-corrected chi connectivity index (χ3v) is 3.98. The molecule has 0 saturated carbocycles. The molecule has 0 unspecified atom stereocenters. The third-order valence-electron chi connectivity index (χ3n) is 2.55. The summed E-state index contributed by atoms with van der Waals surface area (Å²) in [5.41, 5.74) is 4.35. The topological polar surface area (TPSA) is 34.1 Å². The maximum absolute atomic E-state index is 11.3. The van der Waals surface area contributed by atoms with Crippen LogP contribution in [-0.2, 0) is 9.84 Å². The van der Waals surface area contributed by atoms with Crippen LogP contribution >= 0.6 is 0 Å². The Morgan fingerprint density at radius 1 is 1.07 bits per heavy atom. The minimum atomic E-state index is -2.86. The van der Waals surface area contributed by atoms with Gasteiger partial charge in [0.25, 0.3) is 0 Å². The van der Waals surface area contributed by atoms with E-state index >= 15 is 0 Å². The lowest BCUT2D eigenvalue weighted by molar-refractivity contribution is 0.603. The second kappa shape index (κ2) is 3.49. The standard InChI is InChI=1S/C12H14O2S/c1-9-5-10(2)7-12(6-9)11-3-4-15(13,14)8-11/h3,5-7H,4,8H2,1-2H3. The van der Waals surface area contributed by atoms with Crippen molar-refractivity contribution in [2.24, 2.45) is 0 Å². The molecule has 1 aromatic rings. The van der Waals surface area contributed by atoms with E-state index in [1.54, 1.807) is 0 Å². The molecule has 0 aliphatic carbocycles. The lowest BCUT2D eigenvalue weighted by Gasteiger charge is -2.05. The van der Waals surface area contributed by atoms with Gasteiger partial charge in [-0.3, -0.25) is 0 Å². The Morgan fingerprint density at radius 3 is 2.13 bits per heavy atom. The predicted octanol–water partition coefficient (Wildman–Crippen LogP) is 2.12. The van der Waals surface area contributed by atoms with Gasteiger partial charge in [0.15, 0.2) is 9.84 Å². The van der Waals surface area contributed by atoms with Gasteiger partial charge in [-0.05, 0) is 25.0 Å². The summed E-state index contributed by atoms with van der Waals surface area (Å²) < 4.78 is 22.7. The average Bonchev–Trinajstić information content (AvgIpc) is 2.44. The second-order valence-electron chi connectivity index (χ2n) is 4.16. The number of hydrogen-bond donors (Lipinski definition) is 0. The van der Waals surface area contributed by atoms with Crippen molar-refractivity contribution in [3.05, 3.63) is 41.0 Å². The summed E-state index contributed by atoms with van der Waals surface area (Å²) in [6.45, 7) is 4.06. The van der Waals surface area contributed by atoms with Crippen molar-refractivity contribution in [2.45, 2.75) is 13.8 Å². The molecule has 1 aliphatic heterocycles. The highest BCUT2D eigenvalue weighted by Crippen LogP contribution is 2.24. The summed E-state index contributed by atoms with van der Waals surface area (Å²) >= 11 is 0. The molecular weight excluding hydrogens is 208 g/mol. The Bertz CT molecular complexity index is 504. The van der Waals surface area contributed by atoms with Gasteiger partial charge in [-0.1, -0.05) is 35.4 Å². The van der Waals surface area contributed by atoms with E-state index in [1.807, 2.05) is 32.1 Å². The van der Waals surface area contributed by atoms with Crippen LogP contribution in [0.1, 0.15) is 16.7 Å². The fourth-order valence-electron chi connectivity index (χ4n) is 1.94. The van der Waals surface area contributed by atoms with Crippen molar-refractivity contribution in [1.29, 1.82) is 0 Å². The molecule has 0 fully saturated rings. The van der Waals surface area contributed by atoms with Gasteiger partial charge in [0.1, 0.15) is 0 Å². The van der Waals surface area contributed by atoms with E-state index in [4.69, 9.17) is 0 Å². The summed E-state index contributed by atoms with van der Waals surface area (Å²) in [6.07, 6.45) is 1.82. The first kappa shape index (κ1) is 10.4. The van der Waals surface area contributed by atoms with Crippen LogP contribution in [0.4, 0.5) is 0 Å². The van der Waals surface area contributed by atoms with Crippen LogP contribution in [-0.4, -0.2) is 19.9 Å². The van der Waals surface area contributed by atoms with Crippen LogP contribution < -0.4 is 0 Å². The maximum Gasteiger partial charge on any atom is 0.158 e. The molecule has 0 radical (unpaired) electrons. The van der Waals surface area contributed by atoms with E-state index < -0.39 is 9.84 Å². The Kier molecular flexibility index (Phi) is 2.43. The van der Waals surface area contributed by atoms with E-state index in [9.17, 15) is 8.42 Å². The van der Waals surface area contributed by atoms with E-state index in [0.717, 1.165) is 11.1 Å². The monoisotopic (exact) mass is 222 g/mol. The molecule has 80 valence electrons. The van der Waals surface area contributed by atoms with Gasteiger partial charge in [0, 0.05) is 0 Å². The summed E-state index contributed by atoms with van der Waals surface area (Å²) in [4.78, 5) is 0. The van der Waals surface area contributed by atoms with Crippen LogP contribution in [0.25, 0.3) is 5.57 Å². The zero-order valence-corrected chi connectivity index (χ0v) is 9.76. The van der Waals surface area contributed by atoms with Crippen LogP contribution in [0.3, 0.4) is 0 Å². The highest BCUT2D eigenvalue weighted by molar-refractivity contribution is 7.92. The number of hydrogen-bond acceptors (Lipinski definition) is 2. The van der Waals surface area contributed by atoms with E-state index in [1.165, 1.54) is 11.1 Å². The first-order valence-electron chi connectivity index (χ1n) is 4.94. The SMILES string of the molecule is Cc1cc(C)cc(C2=CCS(=O)(=O)C2)c1. The second-order valence-corrected chi connectivity index (χ2v) is 6.27. The van der Waals surface area contributed by atoms with Crippen molar-refractivity contribution in [1.82, 2.24) is 0 Å². The molecule has 1 aromatic carbocycles. The smallest absolute Gasteiger partial charge is 0.158 e. The molecule has 0 atom stereocenters. The molecule has 0 saturated heterocycles. The predicted molar refractivity (Wildman–Crippen MR) is 62.5 cm³/mol. The highest BCUT2D eigenvalue weighted by atomic mass is 32.2. The van der Waals surface area contributed by atoms with Crippen LogP contribution in [0.15, 0.2) is 24.3 Å². The Morgan fingerprint density at radius 2 is 1.67 bits per heavy atom. The van der Waals surface area contributed by atoms with Gasteiger partial charge in [-0.15, -0.1) is 0 Å². The van der Waals surface area contributed by atoms with Crippen molar-refractivity contribution in [3.63, 3.8) is 0 Å². The molecule has 2 rings (SSSR count). The van der Waals surface area contributed by atoms with Crippen molar-refractivity contribution < 1.29 is 8.42 Å². The minimum Gasteiger partial charge on any atom is -0.228 e. The van der Waals surface area contributed by atoms with E-state index in [2.05, 4.69) is 6.07 Å². The summed E-state index contributed by atoms with van der Waals surface area (Å²) in [7, 11) is -2.86. The molecule has 1 heterocycles. The molecule has 0 aromatic heterocycles. The first-order valence-corrected chi connectivity index (χ1v) is 6.76. The van der Waals surface area contributed by atoms with Gasteiger partial charge >= 0.3 is 0 Å². The molecule has 15 heavy (non-hydrogen) atoms. The third kappa shape index (κ3) is 2.29. The maximum atomic E-state index is 11.3. The Hall–Kier alpha value is -1.09. The zero-order chi connectivity index (χ0) is 11.1. The molecule has 0 spiro atoms. The number of rotatable bonds is 1. The van der Waals surface area contributed by atoms with Crippen LogP contribution in [0.2, 0.25) is 0 Å². The molecule has 0 N–H and O–H groups in total. The van der Waals surface area contributed by atoms with Gasteiger partial charge in [-0.25, -0.2) is 8.42 Å². The highest BCUT2D eigenvalue weighted by Gasteiger charge is 2.20. The molecule has 3 heteroatoms. The summed E-state index contributed by atoms with van der Waals surface area (Å²) in [5, 5.41) is 0. The quantitative estimate of drug-likeness (QED) is 0.729. The normalized spacial score (nSPS) is 18.9. The molecule has 0 bridgehead atoms. The van der Waals surface area contributed by atoms with Gasteiger partial charge < -0.3 is 0 Å². The lowest BCUT2D eigenvalue weighted by atomic mass is 10.0. The fourth-order valence-corrected chi connectivity index (χ4v) is 3.27.